The van der Waals surface area contributed by atoms with Crippen molar-refractivity contribution in [3.63, 3.8) is 0 Å². The largest absolute Gasteiger partial charge is 0.519 e. The van der Waals surface area contributed by atoms with Crippen LogP contribution in [0.15, 0.2) is 157 Å². The summed E-state index contributed by atoms with van der Waals surface area (Å²) in [6.45, 7) is 56.8. The number of nitrogens with one attached hydrogen (secondary N) is 3. The van der Waals surface area contributed by atoms with E-state index in [1.165, 1.54) is 134 Å². The van der Waals surface area contributed by atoms with Crippen molar-refractivity contribution in [2.24, 2.45) is 10.7 Å². The van der Waals surface area contributed by atoms with Crippen molar-refractivity contribution in [1.29, 1.82) is 0 Å². The molecule has 0 saturated carbocycles. The number of halogens is 4. The molecular formula is C105H151Cl3FN12O25+. The van der Waals surface area contributed by atoms with E-state index in [-0.39, 0.29) is 40.3 Å². The summed E-state index contributed by atoms with van der Waals surface area (Å²) in [5.74, 6) is 1.38. The van der Waals surface area contributed by atoms with Gasteiger partial charge in [-0.15, -0.1) is 30.7 Å². The van der Waals surface area contributed by atoms with Gasteiger partial charge in [0, 0.05) is 176 Å². The molecule has 8 aromatic rings. The number of hydrogen-bond donors (Lipinski definition) is 4. The maximum atomic E-state index is 12.0. The van der Waals surface area contributed by atoms with Gasteiger partial charge >= 0.3 is 30.6 Å². The summed E-state index contributed by atoms with van der Waals surface area (Å²) in [4.78, 5) is 68.5. The van der Waals surface area contributed by atoms with Gasteiger partial charge in [-0.05, 0) is 288 Å². The lowest BCUT2D eigenvalue weighted by atomic mass is 9.82. The SMILES string of the molecule is C1CN=C2CCCN2C1.CC(C)(C)OC(=O)OC(=O)OC(C)(C)C.CN(C)/C=C/c1cc[n+]2c(c1)C(C)(C)c1cc(CNC(=O)OC(C)(C)C)ccc1-2.COC(OC)N(C)C.Cc1cc[n+]2c(c1)C(C)(C)c1cc(CN)ccc1-2.Cc1cc[n+]2c(c1)C(C)(C)c1cc(CNC(=O)OC(C)(C)C)ccc1-2.Cc1cc[n+]2c(c1)C(C)(C)c1cc(CNC(=O)OC(C)(C)C)ccc1-2.[2H]CF.[O-][Cl+3]([O-])([O-])[O-].[O-][Cl+3]([O-])([O-])[O-].[O-][Cl+3]([O-])([O-])[O-]. The molecule has 0 aliphatic carbocycles. The molecule has 146 heavy (non-hydrogen) atoms. The Balaban J connectivity index is 0.000000356. The van der Waals surface area contributed by atoms with Gasteiger partial charge in [0.1, 0.15) is 28.0 Å². The third-order valence-corrected chi connectivity index (χ3v) is 22.0. The Hall–Kier alpha value is -10.8. The van der Waals surface area contributed by atoms with Crippen molar-refractivity contribution in [3.05, 3.63) is 242 Å². The zero-order valence-corrected chi connectivity index (χ0v) is 92.5. The van der Waals surface area contributed by atoms with E-state index < -0.39 is 84.3 Å². The maximum Gasteiger partial charge on any atom is 0.519 e. The van der Waals surface area contributed by atoms with E-state index in [1.54, 1.807) is 55.8 Å². The number of amidine groups is 1. The van der Waals surface area contributed by atoms with Crippen LogP contribution in [0, 0.1) is 51.5 Å². The summed E-state index contributed by atoms with van der Waals surface area (Å²) in [5.41, 5.74) is 27.4. The molecule has 1 fully saturated rings. The maximum absolute atomic E-state index is 12.0. The number of pyridine rings is 4. The number of amides is 3. The number of aryl methyl sites for hydroxylation is 3. The van der Waals surface area contributed by atoms with Crippen molar-refractivity contribution in [2.75, 3.05) is 69.2 Å². The fraction of sp³-hybridized carbons (Fsp3) is 0.505. The van der Waals surface area contributed by atoms with E-state index in [2.05, 4.69) is 283 Å². The second-order valence-corrected chi connectivity index (χ2v) is 44.5. The lowest BCUT2D eigenvalue weighted by molar-refractivity contribution is -2.00. The first-order valence-corrected chi connectivity index (χ1v) is 50.5. The number of ether oxygens (including phenoxy) is 8. The van der Waals surface area contributed by atoms with Gasteiger partial charge in [-0.25, -0.2) is 79.9 Å². The number of aliphatic imine (C=N–C) groups is 1. The summed E-state index contributed by atoms with van der Waals surface area (Å²) in [6, 6.07) is 43.3. The molecule has 4 aromatic heterocycles. The lowest BCUT2D eigenvalue weighted by Crippen LogP contribution is -2.68. The summed E-state index contributed by atoms with van der Waals surface area (Å²) < 4.78 is 166. The van der Waals surface area contributed by atoms with Gasteiger partial charge in [0.25, 0.3) is 0 Å². The van der Waals surface area contributed by atoms with Crippen LogP contribution in [0.25, 0.3) is 28.8 Å². The van der Waals surface area contributed by atoms with Gasteiger partial charge in [0.05, 0.1) is 36.0 Å². The third-order valence-electron chi connectivity index (χ3n) is 22.0. The van der Waals surface area contributed by atoms with Crippen LogP contribution in [0.1, 0.15) is 269 Å². The van der Waals surface area contributed by atoms with E-state index in [1.807, 2.05) is 100 Å². The number of nitrogens with two attached hydrogens (primary N) is 1. The number of hydrogen-bond acceptors (Lipinski definition) is 30. The molecule has 0 spiro atoms. The lowest BCUT2D eigenvalue weighted by Gasteiger charge is -2.21. The molecule has 0 radical (unpaired) electrons. The minimum atomic E-state index is -4.94. The molecular weight excluding hydrogens is 1950 g/mol. The monoisotopic (exact) mass is 2110 g/mol. The minimum absolute atomic E-state index is 0.0481. The molecule has 3 amide bonds. The van der Waals surface area contributed by atoms with Crippen LogP contribution in [0.3, 0.4) is 0 Å². The Morgan fingerprint density at radius 1 is 0.452 bits per heavy atom. The van der Waals surface area contributed by atoms with Crippen LogP contribution < -0.4 is 95.9 Å². The fourth-order valence-corrected chi connectivity index (χ4v) is 15.8. The minimum Gasteiger partial charge on any atom is -0.444 e. The molecule has 37 nitrogen and oxygen atoms in total. The van der Waals surface area contributed by atoms with Crippen molar-refractivity contribution >= 4 is 42.5 Å². The topological polar surface area (TPSA) is 536 Å². The van der Waals surface area contributed by atoms with E-state index in [4.69, 9.17) is 96.2 Å². The molecule has 6 aliphatic rings. The van der Waals surface area contributed by atoms with Gasteiger partial charge in [0.15, 0.2) is 47.6 Å². The zero-order chi connectivity index (χ0) is 112. The van der Waals surface area contributed by atoms with Gasteiger partial charge in [-0.2, -0.15) is 18.3 Å². The summed E-state index contributed by atoms with van der Waals surface area (Å²) in [6.07, 6.45) is 13.1. The number of alkyl halides is 1. The number of rotatable bonds is 12. The second-order valence-electron chi connectivity index (χ2n) is 42.2. The quantitative estimate of drug-likeness (QED) is 0.0427. The van der Waals surface area contributed by atoms with Crippen LogP contribution in [-0.4, -0.2) is 155 Å². The highest BCUT2D eigenvalue weighted by Crippen LogP contribution is 2.43. The molecule has 0 unspecified atom stereocenters. The molecule has 41 heteroatoms. The Morgan fingerprint density at radius 3 is 0.986 bits per heavy atom. The first-order chi connectivity index (χ1) is 67.3. The van der Waals surface area contributed by atoms with Gasteiger partial charge in [-0.1, -0.05) is 24.3 Å². The third kappa shape index (κ3) is 42.8. The molecule has 1 saturated heterocycles. The van der Waals surface area contributed by atoms with Crippen molar-refractivity contribution in [3.8, 4) is 22.7 Å². The second kappa shape index (κ2) is 53.4. The molecule has 4 aromatic carbocycles. The van der Waals surface area contributed by atoms with Gasteiger partial charge in [0.2, 0.25) is 29.2 Å². The standard InChI is InChI=1S/C24H31N3O2.2C21H26N2O2.C16H19N2.C10H18O5.C7H12N2.C5H13NO2.CH3F.3ClHO4/c1-23(2,3)29-22(28)25-16-18-8-9-20-19(14-18)24(4,5)21-15-17(10-12-26(6)7)11-13-27(20)21;2*1-14-9-10-23-17-8-7-15(13-22-19(24)25-20(2,3)4)12-16(17)21(5,6)18(23)11-14;1-11-6-7-18-14-5-4-12(10-17)9-13(14)16(2,3)15(18)8-11;1-9(2,3)14-7(11)13-8(12)15-10(4,5)6;1-3-7-8-4-2-6-9(7)5-1;1-6(2)5(7-3)8-4;1-2;3*2-1(3,4)5/h8-15H,16H2,1-7H3;2*7-12H,13H2,1-6H3;4-9H,10,17H2,1-3H3;1-6H3;1-6H2;5H,1-4H3;1H3;3*(H,2,3,4,5)/q;;;+1;;;;;;;/i;;;;;;;1D;;;. The number of fused-ring (bicyclic) bond motifs is 13. The number of carbonyl (C=O) groups is 5. The number of alkyl carbamates (subject to hydrolysis) is 3. The predicted octanol–water partition coefficient (Wildman–Crippen LogP) is 4.60. The molecule has 0 bridgehead atoms. The Labute approximate surface area is 867 Å². The van der Waals surface area contributed by atoms with Gasteiger partial charge in [-0.3, -0.25) is 14.3 Å². The predicted molar refractivity (Wildman–Crippen MR) is 514 cm³/mol. The highest BCUT2D eigenvalue weighted by atomic mass is 35.7. The normalized spacial score (nSPS) is 14.6. The van der Waals surface area contributed by atoms with E-state index in [9.17, 15) is 28.4 Å². The smallest absolute Gasteiger partial charge is 0.444 e. The number of carbonyl (C=O) groups excluding carboxylic acids is 5. The number of aromatic nitrogens is 4. The molecule has 0 atom stereocenters. The summed E-state index contributed by atoms with van der Waals surface area (Å²) in [5, 5.41) is 8.52. The first kappa shape index (κ1) is 126. The van der Waals surface area contributed by atoms with E-state index in [0.29, 0.717) is 26.2 Å². The Morgan fingerprint density at radius 2 is 0.726 bits per heavy atom. The number of methoxy groups -OCH3 is 2. The highest BCUT2D eigenvalue weighted by Gasteiger charge is 2.48. The van der Waals surface area contributed by atoms with E-state index >= 15 is 0 Å². The van der Waals surface area contributed by atoms with Crippen LogP contribution in [0.5, 0.6) is 0 Å². The number of nitrogens with zero attached hydrogens (tertiary/aromatic N) is 8. The van der Waals surface area contributed by atoms with Crippen molar-refractivity contribution < 1.29 is 173 Å². The molecule has 5 N–H and O–H groups in total. The summed E-state index contributed by atoms with van der Waals surface area (Å²) >= 11 is 0. The van der Waals surface area contributed by atoms with E-state index in [0.717, 1.165) is 23.2 Å². The average molecular weight is 2110 g/mol. The first-order valence-electron chi connectivity index (χ1n) is 47.5. The Bertz CT molecular complexity index is 5560. The van der Waals surface area contributed by atoms with Crippen LogP contribution in [-0.2, 0) is 85.7 Å². The van der Waals surface area contributed by atoms with Gasteiger partial charge < -0.3 is 69.4 Å². The van der Waals surface area contributed by atoms with Crippen molar-refractivity contribution in [1.82, 2.24) is 30.7 Å². The van der Waals surface area contributed by atoms with Crippen LogP contribution in [0.2, 0.25) is 0 Å². The molecule has 10 heterocycles. The molecule has 6 aliphatic heterocycles. The van der Waals surface area contributed by atoms with Crippen LogP contribution >= 0.6 is 0 Å². The Kier molecular flexibility index (Phi) is 45.9. The average Bonchev–Trinajstić information content (AvgIpc) is 1.60. The van der Waals surface area contributed by atoms with Crippen molar-refractivity contribution in [2.45, 2.75) is 282 Å². The van der Waals surface area contributed by atoms with Crippen LogP contribution in [0.4, 0.5) is 28.4 Å². The zero-order valence-electron chi connectivity index (χ0n) is 91.2. The fourth-order valence-electron chi connectivity index (χ4n) is 15.8. The highest BCUT2D eigenvalue weighted by molar-refractivity contribution is 5.84. The molecule has 14 rings (SSSR count). The molecule has 808 valence electrons. The number of benzene rings is 4. The summed E-state index contributed by atoms with van der Waals surface area (Å²) in [7, 11) is -4.81.